The molecule has 0 bridgehead atoms. The Bertz CT molecular complexity index is 258. The summed E-state index contributed by atoms with van der Waals surface area (Å²) in [4.78, 5) is 6.30. The van der Waals surface area contributed by atoms with Gasteiger partial charge in [0.1, 0.15) is 0 Å². The molecule has 0 aromatic carbocycles. The van der Waals surface area contributed by atoms with Gasteiger partial charge in [0.2, 0.25) is 0 Å². The first kappa shape index (κ1) is 9.99. The smallest absolute Gasteiger partial charge is 0.0529 e. The molecule has 0 radical (unpaired) electrons. The Morgan fingerprint density at radius 1 is 1.38 bits per heavy atom. The van der Waals surface area contributed by atoms with Gasteiger partial charge in [-0.25, -0.2) is 0 Å². The summed E-state index contributed by atoms with van der Waals surface area (Å²) in [5.41, 5.74) is 2.34. The van der Waals surface area contributed by atoms with Crippen LogP contribution in [0.4, 0.5) is 5.69 Å². The number of nitrogens with zero attached hydrogens (tertiary/aromatic N) is 2. The molecular formula is C10H17N3. The van der Waals surface area contributed by atoms with E-state index >= 15 is 0 Å². The number of aromatic nitrogens is 1. The van der Waals surface area contributed by atoms with Crippen molar-refractivity contribution in [3.8, 4) is 0 Å². The molecule has 1 rings (SSSR count). The van der Waals surface area contributed by atoms with Gasteiger partial charge in [-0.3, -0.25) is 4.98 Å². The molecular weight excluding hydrogens is 162 g/mol. The third kappa shape index (κ3) is 3.42. The third-order valence-electron chi connectivity index (χ3n) is 1.67. The van der Waals surface area contributed by atoms with Gasteiger partial charge in [0.05, 0.1) is 5.69 Å². The van der Waals surface area contributed by atoms with Gasteiger partial charge < -0.3 is 10.2 Å². The van der Waals surface area contributed by atoms with E-state index in [1.165, 1.54) is 5.56 Å². The van der Waals surface area contributed by atoms with Gasteiger partial charge in [-0.15, -0.1) is 0 Å². The molecule has 1 heterocycles. The Morgan fingerprint density at radius 2 is 2.15 bits per heavy atom. The predicted octanol–water partition coefficient (Wildman–Crippen LogP) is 1.57. The molecule has 0 aliphatic rings. The van der Waals surface area contributed by atoms with Crippen LogP contribution in [-0.4, -0.2) is 30.5 Å². The number of hydrogen-bond acceptors (Lipinski definition) is 3. The molecule has 0 unspecified atom stereocenters. The molecule has 0 fully saturated rings. The highest BCUT2D eigenvalue weighted by Gasteiger charge is 1.96. The molecule has 72 valence electrons. The van der Waals surface area contributed by atoms with Crippen LogP contribution in [0.5, 0.6) is 0 Å². The second-order valence-electron chi connectivity index (χ2n) is 3.35. The zero-order chi connectivity index (χ0) is 9.68. The highest BCUT2D eigenvalue weighted by Crippen LogP contribution is 2.08. The summed E-state index contributed by atoms with van der Waals surface area (Å²) in [5.74, 6) is 0. The van der Waals surface area contributed by atoms with Crippen molar-refractivity contribution in [2.24, 2.45) is 0 Å². The Labute approximate surface area is 79.8 Å². The van der Waals surface area contributed by atoms with Crippen molar-refractivity contribution in [2.75, 3.05) is 26.0 Å². The average molecular weight is 179 g/mol. The molecule has 1 N–H and O–H groups in total. The van der Waals surface area contributed by atoms with Crippen molar-refractivity contribution in [1.82, 2.24) is 9.88 Å². The van der Waals surface area contributed by atoms with E-state index in [9.17, 15) is 0 Å². The quantitative estimate of drug-likeness (QED) is 0.760. The molecule has 0 spiro atoms. The van der Waals surface area contributed by atoms with Crippen LogP contribution < -0.4 is 5.32 Å². The fraction of sp³-hybridized carbons (Fsp3) is 0.500. The highest BCUT2D eigenvalue weighted by molar-refractivity contribution is 5.42. The SMILES string of the molecule is CCNc1cncc(CN(C)C)c1. The van der Waals surface area contributed by atoms with E-state index in [-0.39, 0.29) is 0 Å². The lowest BCUT2D eigenvalue weighted by atomic mass is 10.2. The summed E-state index contributed by atoms with van der Waals surface area (Å²) in [6.45, 7) is 3.96. The highest BCUT2D eigenvalue weighted by atomic mass is 15.0. The molecule has 13 heavy (non-hydrogen) atoms. The van der Waals surface area contributed by atoms with Crippen LogP contribution in [-0.2, 0) is 6.54 Å². The van der Waals surface area contributed by atoms with E-state index in [1.54, 1.807) is 0 Å². The van der Waals surface area contributed by atoms with Crippen molar-refractivity contribution >= 4 is 5.69 Å². The zero-order valence-electron chi connectivity index (χ0n) is 8.54. The maximum absolute atomic E-state index is 4.17. The Kier molecular flexibility index (Phi) is 3.71. The van der Waals surface area contributed by atoms with Gasteiger partial charge in [-0.2, -0.15) is 0 Å². The minimum absolute atomic E-state index is 0.937. The van der Waals surface area contributed by atoms with E-state index in [0.717, 1.165) is 18.8 Å². The molecule has 3 nitrogen and oxygen atoms in total. The number of rotatable bonds is 4. The molecule has 0 amide bonds. The van der Waals surface area contributed by atoms with Crippen LogP contribution in [0.1, 0.15) is 12.5 Å². The first-order valence-corrected chi connectivity index (χ1v) is 4.55. The topological polar surface area (TPSA) is 28.2 Å². The normalized spacial score (nSPS) is 10.5. The van der Waals surface area contributed by atoms with Crippen LogP contribution in [0.2, 0.25) is 0 Å². The van der Waals surface area contributed by atoms with E-state index < -0.39 is 0 Å². The van der Waals surface area contributed by atoms with Crippen LogP contribution in [0, 0.1) is 0 Å². The molecule has 0 atom stereocenters. The molecule has 0 aliphatic heterocycles. The molecule has 1 aromatic rings. The fourth-order valence-electron chi connectivity index (χ4n) is 1.24. The maximum Gasteiger partial charge on any atom is 0.0529 e. The van der Waals surface area contributed by atoms with Crippen LogP contribution in [0.3, 0.4) is 0 Å². The van der Waals surface area contributed by atoms with Gasteiger partial charge in [0.25, 0.3) is 0 Å². The fourth-order valence-corrected chi connectivity index (χ4v) is 1.24. The van der Waals surface area contributed by atoms with Crippen LogP contribution >= 0.6 is 0 Å². The zero-order valence-corrected chi connectivity index (χ0v) is 8.54. The minimum atomic E-state index is 0.937. The summed E-state index contributed by atoms with van der Waals surface area (Å²) in [6, 6.07) is 2.14. The molecule has 0 saturated heterocycles. The van der Waals surface area contributed by atoms with E-state index in [2.05, 4.69) is 42.3 Å². The Hall–Kier alpha value is -1.09. The average Bonchev–Trinajstić information content (AvgIpc) is 2.04. The van der Waals surface area contributed by atoms with Gasteiger partial charge in [0.15, 0.2) is 0 Å². The van der Waals surface area contributed by atoms with E-state index in [0.29, 0.717) is 0 Å². The monoisotopic (exact) mass is 179 g/mol. The number of anilines is 1. The third-order valence-corrected chi connectivity index (χ3v) is 1.67. The Morgan fingerprint density at radius 3 is 2.77 bits per heavy atom. The first-order valence-electron chi connectivity index (χ1n) is 4.55. The molecule has 0 saturated carbocycles. The second-order valence-corrected chi connectivity index (χ2v) is 3.35. The predicted molar refractivity (Wildman–Crippen MR) is 55.8 cm³/mol. The van der Waals surface area contributed by atoms with Crippen LogP contribution in [0.25, 0.3) is 0 Å². The minimum Gasteiger partial charge on any atom is -0.384 e. The Balaban J connectivity index is 2.67. The lowest BCUT2D eigenvalue weighted by molar-refractivity contribution is 0.402. The second kappa shape index (κ2) is 4.82. The van der Waals surface area contributed by atoms with Gasteiger partial charge >= 0.3 is 0 Å². The molecule has 0 aliphatic carbocycles. The summed E-state index contributed by atoms with van der Waals surface area (Å²) >= 11 is 0. The lowest BCUT2D eigenvalue weighted by Gasteiger charge is -2.10. The van der Waals surface area contributed by atoms with Crippen molar-refractivity contribution < 1.29 is 0 Å². The maximum atomic E-state index is 4.17. The molecule has 1 aromatic heterocycles. The number of pyridine rings is 1. The van der Waals surface area contributed by atoms with Crippen LogP contribution in [0.15, 0.2) is 18.5 Å². The number of nitrogens with one attached hydrogen (secondary N) is 1. The summed E-state index contributed by atoms with van der Waals surface area (Å²) in [7, 11) is 4.11. The van der Waals surface area contributed by atoms with E-state index in [4.69, 9.17) is 0 Å². The van der Waals surface area contributed by atoms with E-state index in [1.807, 2.05) is 12.4 Å². The van der Waals surface area contributed by atoms with Crippen molar-refractivity contribution in [3.05, 3.63) is 24.0 Å². The van der Waals surface area contributed by atoms with Crippen molar-refractivity contribution in [1.29, 1.82) is 0 Å². The van der Waals surface area contributed by atoms with Gasteiger partial charge in [-0.1, -0.05) is 0 Å². The lowest BCUT2D eigenvalue weighted by Crippen LogP contribution is -2.11. The first-order chi connectivity index (χ1) is 6.22. The van der Waals surface area contributed by atoms with Gasteiger partial charge in [0, 0.05) is 25.5 Å². The summed E-state index contributed by atoms with van der Waals surface area (Å²) in [6.07, 6.45) is 3.75. The standard InChI is InChI=1S/C10H17N3/c1-4-12-10-5-9(6-11-7-10)8-13(2)3/h5-7,12H,4,8H2,1-3H3. The van der Waals surface area contributed by atoms with Crippen molar-refractivity contribution in [3.63, 3.8) is 0 Å². The number of hydrogen-bond donors (Lipinski definition) is 1. The largest absolute Gasteiger partial charge is 0.384 e. The summed E-state index contributed by atoms with van der Waals surface area (Å²) in [5, 5.41) is 3.24. The van der Waals surface area contributed by atoms with Gasteiger partial charge in [-0.05, 0) is 32.6 Å². The molecule has 3 heteroatoms. The summed E-state index contributed by atoms with van der Waals surface area (Å²) < 4.78 is 0. The van der Waals surface area contributed by atoms with Crippen molar-refractivity contribution in [2.45, 2.75) is 13.5 Å².